The molecule has 0 saturated carbocycles. The van der Waals surface area contributed by atoms with Gasteiger partial charge in [-0.25, -0.2) is 0 Å². The van der Waals surface area contributed by atoms with Crippen molar-refractivity contribution >= 4 is 52.0 Å². The Morgan fingerprint density at radius 3 is 2.61 bits per heavy atom. The molecule has 8 heteroatoms. The number of likely N-dealkylation sites (N-methyl/N-ethyl adjacent to an activating group) is 1. The molecule has 122 valence electrons. The minimum atomic E-state index is -0.357. The first-order valence-corrected chi connectivity index (χ1v) is 8.12. The number of nitrogens with one attached hydrogen (secondary N) is 1. The number of benzene rings is 1. The van der Waals surface area contributed by atoms with Gasteiger partial charge in [0.15, 0.2) is 0 Å². The Morgan fingerprint density at radius 1 is 1.26 bits per heavy atom. The molecule has 1 aromatic carbocycles. The highest BCUT2D eigenvalue weighted by Gasteiger charge is 2.17. The van der Waals surface area contributed by atoms with Gasteiger partial charge < -0.3 is 15.0 Å². The van der Waals surface area contributed by atoms with Crippen molar-refractivity contribution in [1.29, 1.82) is 0 Å². The van der Waals surface area contributed by atoms with Crippen molar-refractivity contribution in [3.05, 3.63) is 44.6 Å². The Kier molecular flexibility index (Phi) is 5.87. The molecular formula is C15H14Cl2N2O3S. The largest absolute Gasteiger partial charge is 0.495 e. The first-order valence-electron chi connectivity index (χ1n) is 6.55. The average Bonchev–Trinajstić information content (AvgIpc) is 2.93. The smallest absolute Gasteiger partial charge is 0.264 e. The second-order valence-electron chi connectivity index (χ2n) is 4.66. The van der Waals surface area contributed by atoms with Crippen molar-refractivity contribution < 1.29 is 14.3 Å². The predicted octanol–water partition coefficient (Wildman–Crippen LogP) is 3.77. The average molecular weight is 373 g/mol. The van der Waals surface area contributed by atoms with Crippen LogP contribution in [0.3, 0.4) is 0 Å². The molecule has 0 radical (unpaired) electrons. The van der Waals surface area contributed by atoms with Crippen LogP contribution < -0.4 is 10.1 Å². The molecule has 1 heterocycles. The van der Waals surface area contributed by atoms with Crippen molar-refractivity contribution in [1.82, 2.24) is 4.90 Å². The number of carbonyl (C=O) groups excluding carboxylic acids is 2. The fraction of sp³-hybridized carbons (Fsp3) is 0.200. The van der Waals surface area contributed by atoms with Crippen LogP contribution in [0.2, 0.25) is 9.36 Å². The summed E-state index contributed by atoms with van der Waals surface area (Å²) < 4.78 is 5.68. The number of hydrogen-bond acceptors (Lipinski definition) is 4. The van der Waals surface area contributed by atoms with Crippen molar-refractivity contribution in [3.63, 3.8) is 0 Å². The fourth-order valence-electron chi connectivity index (χ4n) is 1.87. The number of methoxy groups -OCH3 is 1. The van der Waals surface area contributed by atoms with E-state index >= 15 is 0 Å². The summed E-state index contributed by atoms with van der Waals surface area (Å²) in [5.74, 6) is -0.138. The molecule has 1 N–H and O–H groups in total. The molecule has 0 unspecified atom stereocenters. The molecule has 2 amide bonds. The van der Waals surface area contributed by atoms with Gasteiger partial charge in [0.05, 0.1) is 28.6 Å². The topological polar surface area (TPSA) is 58.6 Å². The molecule has 2 aromatic rings. The number of nitrogens with zero attached hydrogens (tertiary/aromatic N) is 1. The Bertz CT molecular complexity index is 733. The van der Waals surface area contributed by atoms with Crippen LogP contribution in [0.1, 0.15) is 9.67 Å². The maximum absolute atomic E-state index is 12.2. The summed E-state index contributed by atoms with van der Waals surface area (Å²) >= 11 is 12.9. The number of carbonyl (C=O) groups is 2. The maximum atomic E-state index is 12.2. The van der Waals surface area contributed by atoms with Gasteiger partial charge in [0.25, 0.3) is 5.91 Å². The highest BCUT2D eigenvalue weighted by molar-refractivity contribution is 7.17. The van der Waals surface area contributed by atoms with E-state index in [2.05, 4.69) is 5.32 Å². The molecule has 0 aliphatic rings. The normalized spacial score (nSPS) is 10.3. The highest BCUT2D eigenvalue weighted by atomic mass is 35.5. The van der Waals surface area contributed by atoms with E-state index in [1.807, 2.05) is 0 Å². The Hall–Kier alpha value is -1.76. The second kappa shape index (κ2) is 7.68. The van der Waals surface area contributed by atoms with Gasteiger partial charge >= 0.3 is 0 Å². The molecular weight excluding hydrogens is 359 g/mol. The summed E-state index contributed by atoms with van der Waals surface area (Å²) in [5, 5.41) is 3.15. The van der Waals surface area contributed by atoms with Crippen molar-refractivity contribution in [2.45, 2.75) is 0 Å². The third-order valence-corrected chi connectivity index (χ3v) is 4.40. The molecule has 0 spiro atoms. The zero-order valence-electron chi connectivity index (χ0n) is 12.4. The summed E-state index contributed by atoms with van der Waals surface area (Å²) in [6, 6.07) is 8.17. The number of amides is 2. The van der Waals surface area contributed by atoms with E-state index in [0.717, 1.165) is 0 Å². The number of ether oxygens (including phenoxy) is 1. The summed E-state index contributed by atoms with van der Waals surface area (Å²) in [6.45, 7) is -0.107. The number of hydrogen-bond donors (Lipinski definition) is 1. The van der Waals surface area contributed by atoms with Crippen LogP contribution in [0, 0.1) is 0 Å². The molecule has 23 heavy (non-hydrogen) atoms. The molecule has 0 aliphatic heterocycles. The van der Waals surface area contributed by atoms with Crippen LogP contribution in [-0.4, -0.2) is 37.4 Å². The fourth-order valence-corrected chi connectivity index (χ4v) is 3.08. The van der Waals surface area contributed by atoms with Crippen LogP contribution in [0.25, 0.3) is 0 Å². The van der Waals surface area contributed by atoms with Crippen molar-refractivity contribution in [2.75, 3.05) is 26.0 Å². The Morgan fingerprint density at radius 2 is 2.00 bits per heavy atom. The lowest BCUT2D eigenvalue weighted by atomic mass is 10.3. The summed E-state index contributed by atoms with van der Waals surface area (Å²) in [7, 11) is 3.04. The number of anilines is 1. The monoisotopic (exact) mass is 372 g/mol. The van der Waals surface area contributed by atoms with Gasteiger partial charge in [-0.05, 0) is 30.3 Å². The number of halogens is 2. The van der Waals surface area contributed by atoms with Crippen LogP contribution >= 0.6 is 34.5 Å². The first-order chi connectivity index (χ1) is 10.9. The van der Waals surface area contributed by atoms with Crippen LogP contribution in [0.5, 0.6) is 5.75 Å². The van der Waals surface area contributed by atoms with E-state index in [0.29, 0.717) is 25.7 Å². The summed E-state index contributed by atoms with van der Waals surface area (Å²) in [4.78, 5) is 26.1. The van der Waals surface area contributed by atoms with Crippen molar-refractivity contribution in [2.24, 2.45) is 0 Å². The number of thiophene rings is 1. The number of rotatable bonds is 5. The molecule has 2 rings (SSSR count). The van der Waals surface area contributed by atoms with E-state index in [1.165, 1.54) is 23.3 Å². The Balaban J connectivity index is 2.02. The van der Waals surface area contributed by atoms with E-state index in [4.69, 9.17) is 27.9 Å². The predicted molar refractivity (Wildman–Crippen MR) is 92.9 cm³/mol. The van der Waals surface area contributed by atoms with Crippen LogP contribution in [0.15, 0.2) is 30.3 Å². The van der Waals surface area contributed by atoms with E-state index in [9.17, 15) is 9.59 Å². The van der Waals surface area contributed by atoms with Gasteiger partial charge in [-0.1, -0.05) is 23.2 Å². The van der Waals surface area contributed by atoms with Gasteiger partial charge in [-0.2, -0.15) is 0 Å². The van der Waals surface area contributed by atoms with Gasteiger partial charge in [-0.3, -0.25) is 9.59 Å². The Labute approximate surface area is 147 Å². The third kappa shape index (κ3) is 4.60. The van der Waals surface area contributed by atoms with Gasteiger partial charge in [-0.15, -0.1) is 11.3 Å². The summed E-state index contributed by atoms with van der Waals surface area (Å²) in [6.07, 6.45) is 0. The van der Waals surface area contributed by atoms with Crippen molar-refractivity contribution in [3.8, 4) is 5.75 Å². The minimum absolute atomic E-state index is 0.107. The lowest BCUT2D eigenvalue weighted by Gasteiger charge is -2.17. The summed E-state index contributed by atoms with van der Waals surface area (Å²) in [5.41, 5.74) is 0.449. The highest BCUT2D eigenvalue weighted by Crippen LogP contribution is 2.27. The molecule has 0 aliphatic carbocycles. The van der Waals surface area contributed by atoms with Gasteiger partial charge in [0.1, 0.15) is 5.75 Å². The van der Waals surface area contributed by atoms with Gasteiger partial charge in [0.2, 0.25) is 5.91 Å². The molecule has 1 aromatic heterocycles. The lowest BCUT2D eigenvalue weighted by molar-refractivity contribution is -0.116. The minimum Gasteiger partial charge on any atom is -0.495 e. The SMILES string of the molecule is COc1ccc(Cl)cc1NC(=O)CN(C)C(=O)c1ccc(Cl)s1. The molecule has 0 bridgehead atoms. The maximum Gasteiger partial charge on any atom is 0.264 e. The van der Waals surface area contributed by atoms with E-state index in [1.54, 1.807) is 37.4 Å². The van der Waals surface area contributed by atoms with Crippen LogP contribution in [0.4, 0.5) is 5.69 Å². The zero-order valence-corrected chi connectivity index (χ0v) is 14.8. The first kappa shape index (κ1) is 17.6. The van der Waals surface area contributed by atoms with Crippen LogP contribution in [-0.2, 0) is 4.79 Å². The molecule has 0 atom stereocenters. The third-order valence-electron chi connectivity index (χ3n) is 2.95. The second-order valence-corrected chi connectivity index (χ2v) is 6.81. The standard InChI is InChI=1S/C15H14Cl2N2O3S/c1-19(15(21)12-5-6-13(17)23-12)8-14(20)18-10-7-9(16)3-4-11(10)22-2/h3-7H,8H2,1-2H3,(H,18,20). The molecule has 5 nitrogen and oxygen atoms in total. The molecule has 0 saturated heterocycles. The quantitative estimate of drug-likeness (QED) is 0.868. The van der Waals surface area contributed by atoms with Gasteiger partial charge in [0, 0.05) is 12.1 Å². The van der Waals surface area contributed by atoms with E-state index < -0.39 is 0 Å². The van der Waals surface area contributed by atoms with E-state index in [-0.39, 0.29) is 18.4 Å². The lowest BCUT2D eigenvalue weighted by Crippen LogP contribution is -2.34. The molecule has 0 fully saturated rings. The zero-order chi connectivity index (χ0) is 17.0.